The molecule has 0 bridgehead atoms. The SMILES string of the molecule is COc1cccc(NC(=O)NCC[C@@H](O)C2CCOCC2)c1OC. The minimum absolute atomic E-state index is 0.252. The van der Waals surface area contributed by atoms with Gasteiger partial charge < -0.3 is 30.0 Å². The fourth-order valence-corrected chi connectivity index (χ4v) is 2.82. The molecule has 1 fully saturated rings. The van der Waals surface area contributed by atoms with Crippen molar-refractivity contribution in [3.63, 3.8) is 0 Å². The van der Waals surface area contributed by atoms with Gasteiger partial charge in [-0.3, -0.25) is 0 Å². The molecule has 0 aliphatic carbocycles. The lowest BCUT2D eigenvalue weighted by Gasteiger charge is -2.26. The summed E-state index contributed by atoms with van der Waals surface area (Å²) in [6.07, 6.45) is 1.84. The molecule has 24 heavy (non-hydrogen) atoms. The number of carbonyl (C=O) groups is 1. The molecule has 1 aliphatic rings. The van der Waals surface area contributed by atoms with E-state index in [1.165, 1.54) is 7.11 Å². The number of benzene rings is 1. The number of urea groups is 1. The molecule has 1 atom stereocenters. The van der Waals surface area contributed by atoms with Crippen LogP contribution in [0.15, 0.2) is 18.2 Å². The van der Waals surface area contributed by atoms with Crippen molar-refractivity contribution in [1.82, 2.24) is 5.32 Å². The molecule has 7 heteroatoms. The lowest BCUT2D eigenvalue weighted by Crippen LogP contribution is -2.34. The molecule has 7 nitrogen and oxygen atoms in total. The zero-order valence-corrected chi connectivity index (χ0v) is 14.2. The van der Waals surface area contributed by atoms with Gasteiger partial charge in [0.25, 0.3) is 0 Å². The van der Waals surface area contributed by atoms with E-state index in [0.717, 1.165) is 12.8 Å². The fourth-order valence-electron chi connectivity index (χ4n) is 2.82. The number of rotatable bonds is 7. The number of nitrogens with one attached hydrogen (secondary N) is 2. The maximum absolute atomic E-state index is 12.0. The van der Waals surface area contributed by atoms with Crippen molar-refractivity contribution in [3.05, 3.63) is 18.2 Å². The van der Waals surface area contributed by atoms with E-state index >= 15 is 0 Å². The summed E-state index contributed by atoms with van der Waals surface area (Å²) in [7, 11) is 3.06. The van der Waals surface area contributed by atoms with Crippen molar-refractivity contribution in [2.75, 3.05) is 39.3 Å². The van der Waals surface area contributed by atoms with Crippen LogP contribution in [0, 0.1) is 5.92 Å². The number of methoxy groups -OCH3 is 2. The van der Waals surface area contributed by atoms with Crippen molar-refractivity contribution in [2.24, 2.45) is 5.92 Å². The minimum Gasteiger partial charge on any atom is -0.493 e. The van der Waals surface area contributed by atoms with Gasteiger partial charge in [0.15, 0.2) is 11.5 Å². The van der Waals surface area contributed by atoms with Crippen molar-refractivity contribution < 1.29 is 24.1 Å². The van der Waals surface area contributed by atoms with Crippen molar-refractivity contribution in [3.8, 4) is 11.5 Å². The van der Waals surface area contributed by atoms with Crippen LogP contribution >= 0.6 is 0 Å². The Morgan fingerprint density at radius 1 is 1.33 bits per heavy atom. The molecule has 0 unspecified atom stereocenters. The number of ether oxygens (including phenoxy) is 3. The van der Waals surface area contributed by atoms with E-state index in [-0.39, 0.29) is 11.9 Å². The lowest BCUT2D eigenvalue weighted by atomic mass is 9.92. The summed E-state index contributed by atoms with van der Waals surface area (Å²) >= 11 is 0. The third kappa shape index (κ3) is 5.01. The molecule has 1 aromatic carbocycles. The van der Waals surface area contributed by atoms with Crippen LogP contribution in [0.4, 0.5) is 10.5 Å². The van der Waals surface area contributed by atoms with Crippen LogP contribution in [0.2, 0.25) is 0 Å². The maximum Gasteiger partial charge on any atom is 0.319 e. The van der Waals surface area contributed by atoms with Gasteiger partial charge in [-0.05, 0) is 37.3 Å². The van der Waals surface area contributed by atoms with Crippen molar-refractivity contribution in [1.29, 1.82) is 0 Å². The van der Waals surface area contributed by atoms with E-state index in [0.29, 0.717) is 43.4 Å². The Kier molecular flexibility index (Phi) is 7.14. The van der Waals surface area contributed by atoms with E-state index in [1.807, 2.05) is 0 Å². The predicted molar refractivity (Wildman–Crippen MR) is 90.7 cm³/mol. The van der Waals surface area contributed by atoms with Gasteiger partial charge in [0, 0.05) is 19.8 Å². The van der Waals surface area contributed by atoms with Gasteiger partial charge in [-0.2, -0.15) is 0 Å². The van der Waals surface area contributed by atoms with E-state index in [1.54, 1.807) is 25.3 Å². The molecular weight excluding hydrogens is 312 g/mol. The first kappa shape index (κ1) is 18.4. The number of aliphatic hydroxyl groups is 1. The van der Waals surface area contributed by atoms with Crippen LogP contribution in [0.3, 0.4) is 0 Å². The van der Waals surface area contributed by atoms with Crippen molar-refractivity contribution in [2.45, 2.75) is 25.4 Å². The summed E-state index contributed by atoms with van der Waals surface area (Å²) in [6, 6.07) is 4.91. The quantitative estimate of drug-likeness (QED) is 0.708. The van der Waals surface area contributed by atoms with Crippen LogP contribution in [0.5, 0.6) is 11.5 Å². The monoisotopic (exact) mass is 338 g/mol. The Morgan fingerprint density at radius 2 is 2.08 bits per heavy atom. The molecule has 1 saturated heterocycles. The summed E-state index contributed by atoms with van der Waals surface area (Å²) in [5, 5.41) is 15.6. The molecule has 1 heterocycles. The molecule has 2 amide bonds. The fraction of sp³-hybridized carbons (Fsp3) is 0.588. The number of amides is 2. The van der Waals surface area contributed by atoms with E-state index in [9.17, 15) is 9.90 Å². The Bertz CT molecular complexity index is 532. The third-order valence-corrected chi connectivity index (χ3v) is 4.19. The summed E-state index contributed by atoms with van der Waals surface area (Å²) in [5.74, 6) is 1.27. The molecule has 0 spiro atoms. The van der Waals surface area contributed by atoms with Crippen molar-refractivity contribution >= 4 is 11.7 Å². The lowest BCUT2D eigenvalue weighted by molar-refractivity contribution is 0.00549. The van der Waals surface area contributed by atoms with Crippen LogP contribution in [-0.4, -0.2) is 51.2 Å². The number of hydrogen-bond donors (Lipinski definition) is 3. The topological polar surface area (TPSA) is 89.1 Å². The Balaban J connectivity index is 1.79. The minimum atomic E-state index is -0.416. The first-order chi connectivity index (χ1) is 11.7. The average molecular weight is 338 g/mol. The molecule has 0 aromatic heterocycles. The molecular formula is C17H26N2O5. The number of aliphatic hydroxyl groups excluding tert-OH is 1. The molecule has 1 aromatic rings. The van der Waals surface area contributed by atoms with Crippen LogP contribution in [0.25, 0.3) is 0 Å². The zero-order chi connectivity index (χ0) is 17.4. The van der Waals surface area contributed by atoms with E-state index in [4.69, 9.17) is 14.2 Å². The third-order valence-electron chi connectivity index (χ3n) is 4.19. The second-order valence-electron chi connectivity index (χ2n) is 5.73. The summed E-state index contributed by atoms with van der Waals surface area (Å²) in [4.78, 5) is 12.0. The highest BCUT2D eigenvalue weighted by Crippen LogP contribution is 2.34. The smallest absolute Gasteiger partial charge is 0.319 e. The van der Waals surface area contributed by atoms with Gasteiger partial charge in [0.05, 0.1) is 26.0 Å². The van der Waals surface area contributed by atoms with Gasteiger partial charge in [-0.1, -0.05) is 6.07 Å². The highest BCUT2D eigenvalue weighted by Gasteiger charge is 2.22. The first-order valence-corrected chi connectivity index (χ1v) is 8.17. The van der Waals surface area contributed by atoms with Crippen LogP contribution in [-0.2, 0) is 4.74 Å². The second-order valence-corrected chi connectivity index (χ2v) is 5.73. The number of carbonyl (C=O) groups excluding carboxylic acids is 1. The molecule has 0 saturated carbocycles. The normalized spacial score (nSPS) is 16.3. The maximum atomic E-state index is 12.0. The predicted octanol–water partition coefficient (Wildman–Crippen LogP) is 2.00. The number of hydrogen-bond acceptors (Lipinski definition) is 5. The number of para-hydroxylation sites is 1. The molecule has 0 radical (unpaired) electrons. The Morgan fingerprint density at radius 3 is 2.75 bits per heavy atom. The summed E-state index contributed by atoms with van der Waals surface area (Å²) in [5.41, 5.74) is 0.527. The molecule has 1 aliphatic heterocycles. The van der Waals surface area contributed by atoms with Gasteiger partial charge in [0.2, 0.25) is 0 Å². The largest absolute Gasteiger partial charge is 0.493 e. The molecule has 2 rings (SSSR count). The van der Waals surface area contributed by atoms with E-state index < -0.39 is 6.10 Å². The van der Waals surface area contributed by atoms with Crippen LogP contribution in [0.1, 0.15) is 19.3 Å². The zero-order valence-electron chi connectivity index (χ0n) is 14.2. The van der Waals surface area contributed by atoms with Crippen LogP contribution < -0.4 is 20.1 Å². The Hall–Kier alpha value is -1.99. The van der Waals surface area contributed by atoms with Gasteiger partial charge >= 0.3 is 6.03 Å². The summed E-state index contributed by atoms with van der Waals surface area (Å²) < 4.78 is 15.8. The highest BCUT2D eigenvalue weighted by molar-refractivity contribution is 5.91. The first-order valence-electron chi connectivity index (χ1n) is 8.17. The molecule has 134 valence electrons. The van der Waals surface area contributed by atoms with Gasteiger partial charge in [-0.15, -0.1) is 0 Å². The number of anilines is 1. The van der Waals surface area contributed by atoms with Gasteiger partial charge in [-0.25, -0.2) is 4.79 Å². The Labute approximate surface area is 142 Å². The average Bonchev–Trinajstić information content (AvgIpc) is 2.62. The van der Waals surface area contributed by atoms with Gasteiger partial charge in [0.1, 0.15) is 0 Å². The van der Waals surface area contributed by atoms with E-state index in [2.05, 4.69) is 10.6 Å². The summed E-state index contributed by atoms with van der Waals surface area (Å²) in [6.45, 7) is 1.80. The standard InChI is InChI=1S/C17H26N2O5/c1-22-15-5-3-4-13(16(15)23-2)19-17(21)18-9-6-14(20)12-7-10-24-11-8-12/h3-5,12,14,20H,6-11H2,1-2H3,(H2,18,19,21)/t14-/m1/s1. The highest BCUT2D eigenvalue weighted by atomic mass is 16.5. The second kappa shape index (κ2) is 9.34. The molecule has 3 N–H and O–H groups in total.